The molecule has 33 heavy (non-hydrogen) atoms. The van der Waals surface area contributed by atoms with E-state index in [9.17, 15) is 14.4 Å². The van der Waals surface area contributed by atoms with E-state index in [0.717, 1.165) is 5.56 Å². The largest absolute Gasteiger partial charge is 0.403 e. The molecule has 4 rings (SSSR count). The highest BCUT2D eigenvalue weighted by Gasteiger charge is 2.14. The Morgan fingerprint density at radius 1 is 0.727 bits per heavy atom. The molecule has 3 aromatic carbocycles. The first-order chi connectivity index (χ1) is 16.1. The molecule has 0 saturated heterocycles. The van der Waals surface area contributed by atoms with Crippen molar-refractivity contribution in [1.82, 2.24) is 10.2 Å². The van der Waals surface area contributed by atoms with Gasteiger partial charge in [-0.25, -0.2) is 0 Å². The predicted molar refractivity (Wildman–Crippen MR) is 123 cm³/mol. The predicted octanol–water partition coefficient (Wildman–Crippen LogP) is 4.59. The third-order valence-corrected chi connectivity index (χ3v) is 4.75. The first-order valence-electron chi connectivity index (χ1n) is 10.3. The SMILES string of the molecule is O=C(CCC(=O)c1ccccc1)Nc1cccc(C(=O)Nc2nnc(-c3ccccc3)o2)c1. The molecule has 2 N–H and O–H groups in total. The maximum atomic E-state index is 12.6. The molecule has 0 fully saturated rings. The van der Waals surface area contributed by atoms with Gasteiger partial charge in [0.1, 0.15) is 0 Å². The van der Waals surface area contributed by atoms with Gasteiger partial charge < -0.3 is 9.73 Å². The molecule has 0 aliphatic carbocycles. The average molecular weight is 440 g/mol. The Morgan fingerprint density at radius 3 is 2.18 bits per heavy atom. The lowest BCUT2D eigenvalue weighted by Gasteiger charge is -2.07. The molecular weight excluding hydrogens is 420 g/mol. The summed E-state index contributed by atoms with van der Waals surface area (Å²) in [4.78, 5) is 37.0. The number of aromatic nitrogens is 2. The van der Waals surface area contributed by atoms with E-state index in [0.29, 0.717) is 16.8 Å². The molecule has 0 unspecified atom stereocenters. The van der Waals surface area contributed by atoms with Crippen molar-refractivity contribution in [3.05, 3.63) is 96.1 Å². The molecule has 0 radical (unpaired) electrons. The Morgan fingerprint density at radius 2 is 1.42 bits per heavy atom. The zero-order chi connectivity index (χ0) is 23.0. The van der Waals surface area contributed by atoms with Crippen molar-refractivity contribution in [1.29, 1.82) is 0 Å². The van der Waals surface area contributed by atoms with Crippen molar-refractivity contribution in [2.24, 2.45) is 0 Å². The summed E-state index contributed by atoms with van der Waals surface area (Å²) >= 11 is 0. The molecule has 2 amide bonds. The van der Waals surface area contributed by atoms with Gasteiger partial charge in [0.05, 0.1) is 0 Å². The fourth-order valence-corrected chi connectivity index (χ4v) is 3.10. The maximum absolute atomic E-state index is 12.6. The third kappa shape index (κ3) is 5.76. The van der Waals surface area contributed by atoms with Crippen molar-refractivity contribution in [2.75, 3.05) is 10.6 Å². The number of carbonyl (C=O) groups is 3. The van der Waals surface area contributed by atoms with Crippen LogP contribution in [0.2, 0.25) is 0 Å². The second-order valence-electron chi connectivity index (χ2n) is 7.15. The van der Waals surface area contributed by atoms with Gasteiger partial charge in [0, 0.05) is 35.2 Å². The summed E-state index contributed by atoms with van der Waals surface area (Å²) < 4.78 is 5.49. The van der Waals surface area contributed by atoms with Gasteiger partial charge in [-0.2, -0.15) is 0 Å². The minimum absolute atomic E-state index is 0.0345. The molecule has 8 heteroatoms. The van der Waals surface area contributed by atoms with Crippen LogP contribution in [-0.4, -0.2) is 27.8 Å². The lowest BCUT2D eigenvalue weighted by Crippen LogP contribution is -2.15. The molecule has 1 heterocycles. The smallest absolute Gasteiger partial charge is 0.322 e. The van der Waals surface area contributed by atoms with Crippen LogP contribution in [-0.2, 0) is 4.79 Å². The van der Waals surface area contributed by atoms with Crippen molar-refractivity contribution in [3.8, 4) is 11.5 Å². The first-order valence-corrected chi connectivity index (χ1v) is 10.3. The minimum atomic E-state index is -0.464. The number of amides is 2. The normalized spacial score (nSPS) is 10.4. The van der Waals surface area contributed by atoms with Crippen LogP contribution >= 0.6 is 0 Å². The fourth-order valence-electron chi connectivity index (χ4n) is 3.10. The average Bonchev–Trinajstić information content (AvgIpc) is 3.32. The summed E-state index contributed by atoms with van der Waals surface area (Å²) in [6.07, 6.45) is 0.130. The highest BCUT2D eigenvalue weighted by molar-refractivity contribution is 6.04. The molecule has 0 aliphatic rings. The van der Waals surface area contributed by atoms with Crippen LogP contribution in [0.3, 0.4) is 0 Å². The maximum Gasteiger partial charge on any atom is 0.322 e. The number of ketones is 1. The van der Waals surface area contributed by atoms with E-state index in [1.165, 1.54) is 6.07 Å². The van der Waals surface area contributed by atoms with Crippen molar-refractivity contribution < 1.29 is 18.8 Å². The van der Waals surface area contributed by atoms with Crippen LogP contribution in [0.5, 0.6) is 0 Å². The number of hydrogen-bond donors (Lipinski definition) is 2. The zero-order valence-electron chi connectivity index (χ0n) is 17.5. The second-order valence-corrected chi connectivity index (χ2v) is 7.15. The highest BCUT2D eigenvalue weighted by Crippen LogP contribution is 2.20. The molecule has 0 spiro atoms. The summed E-state index contributed by atoms with van der Waals surface area (Å²) in [6, 6.07) is 24.4. The van der Waals surface area contributed by atoms with Crippen LogP contribution in [0.25, 0.3) is 11.5 Å². The Balaban J connectivity index is 1.33. The number of anilines is 2. The van der Waals surface area contributed by atoms with Gasteiger partial charge >= 0.3 is 6.01 Å². The third-order valence-electron chi connectivity index (χ3n) is 4.75. The lowest BCUT2D eigenvalue weighted by atomic mass is 10.1. The summed E-state index contributed by atoms with van der Waals surface area (Å²) in [6.45, 7) is 0. The van der Waals surface area contributed by atoms with Crippen LogP contribution in [0, 0.1) is 0 Å². The van der Waals surface area contributed by atoms with E-state index in [-0.39, 0.29) is 36.4 Å². The van der Waals surface area contributed by atoms with E-state index in [1.807, 2.05) is 36.4 Å². The standard InChI is InChI=1S/C25H20N4O4/c30-21(17-8-3-1-4-9-17)14-15-22(31)26-20-13-7-12-19(16-20)23(32)27-25-29-28-24(33-25)18-10-5-2-6-11-18/h1-13,16H,14-15H2,(H,26,31)(H,27,29,32). The van der Waals surface area contributed by atoms with Crippen LogP contribution in [0.4, 0.5) is 11.7 Å². The molecule has 0 aliphatic heterocycles. The Kier molecular flexibility index (Phi) is 6.65. The number of nitrogens with zero attached hydrogens (tertiary/aromatic N) is 2. The van der Waals surface area contributed by atoms with E-state index in [4.69, 9.17) is 4.42 Å². The van der Waals surface area contributed by atoms with Gasteiger partial charge in [-0.3, -0.25) is 19.7 Å². The van der Waals surface area contributed by atoms with E-state index in [1.54, 1.807) is 42.5 Å². The van der Waals surface area contributed by atoms with Crippen LogP contribution in [0.1, 0.15) is 33.6 Å². The van der Waals surface area contributed by atoms with Crippen molar-refractivity contribution >= 4 is 29.3 Å². The molecule has 4 aromatic rings. The van der Waals surface area contributed by atoms with Gasteiger partial charge in [-0.1, -0.05) is 59.7 Å². The number of nitrogens with one attached hydrogen (secondary N) is 2. The van der Waals surface area contributed by atoms with Crippen LogP contribution < -0.4 is 10.6 Å². The molecule has 0 atom stereocenters. The molecule has 1 aromatic heterocycles. The van der Waals surface area contributed by atoms with E-state index in [2.05, 4.69) is 20.8 Å². The van der Waals surface area contributed by atoms with Gasteiger partial charge in [-0.15, -0.1) is 5.10 Å². The highest BCUT2D eigenvalue weighted by atomic mass is 16.4. The van der Waals surface area contributed by atoms with Gasteiger partial charge in [0.15, 0.2) is 5.78 Å². The Labute approximate surface area is 189 Å². The number of hydrogen-bond acceptors (Lipinski definition) is 6. The first kappa shape index (κ1) is 21.6. The molecule has 0 bridgehead atoms. The molecule has 8 nitrogen and oxygen atoms in total. The topological polar surface area (TPSA) is 114 Å². The Hall–Kier alpha value is -4.59. The summed E-state index contributed by atoms with van der Waals surface area (Å²) in [5, 5.41) is 13.0. The van der Waals surface area contributed by atoms with Gasteiger partial charge in [-0.05, 0) is 30.3 Å². The summed E-state index contributed by atoms with van der Waals surface area (Å²) in [7, 11) is 0. The lowest BCUT2D eigenvalue weighted by molar-refractivity contribution is -0.116. The van der Waals surface area contributed by atoms with Crippen molar-refractivity contribution in [3.63, 3.8) is 0 Å². The van der Waals surface area contributed by atoms with Gasteiger partial charge in [0.25, 0.3) is 5.91 Å². The van der Waals surface area contributed by atoms with E-state index < -0.39 is 5.91 Å². The monoisotopic (exact) mass is 440 g/mol. The number of benzene rings is 3. The van der Waals surface area contributed by atoms with Gasteiger partial charge in [0.2, 0.25) is 11.8 Å². The second kappa shape index (κ2) is 10.1. The Bertz CT molecular complexity index is 1270. The molecular formula is C25H20N4O4. The molecule has 164 valence electrons. The van der Waals surface area contributed by atoms with E-state index >= 15 is 0 Å². The van der Waals surface area contributed by atoms with Crippen molar-refractivity contribution in [2.45, 2.75) is 12.8 Å². The summed E-state index contributed by atoms with van der Waals surface area (Å²) in [5.74, 6) is -0.597. The number of rotatable bonds is 8. The quantitative estimate of drug-likeness (QED) is 0.387. The molecule has 0 saturated carbocycles. The zero-order valence-corrected chi connectivity index (χ0v) is 17.5. The summed E-state index contributed by atoms with van der Waals surface area (Å²) in [5.41, 5.74) is 2.05. The minimum Gasteiger partial charge on any atom is -0.403 e. The fraction of sp³-hybridized carbons (Fsp3) is 0.0800. The van der Waals surface area contributed by atoms with Crippen LogP contribution in [0.15, 0.2) is 89.3 Å². The number of carbonyl (C=O) groups excluding carboxylic acids is 3. The number of Topliss-reactive ketones (excluding diaryl/α,β-unsaturated/α-hetero) is 1.